The summed E-state index contributed by atoms with van der Waals surface area (Å²) in [4.78, 5) is 13.6. The van der Waals surface area contributed by atoms with Gasteiger partial charge in [0.05, 0.1) is 12.3 Å². The van der Waals surface area contributed by atoms with E-state index < -0.39 is 0 Å². The largest absolute Gasteiger partial charge is 0.492 e. The summed E-state index contributed by atoms with van der Waals surface area (Å²) < 4.78 is 5.51. The molecule has 0 saturated carbocycles. The molecule has 0 atom stereocenters. The van der Waals surface area contributed by atoms with Crippen molar-refractivity contribution in [3.63, 3.8) is 0 Å². The molecule has 2 aromatic carbocycles. The van der Waals surface area contributed by atoms with Crippen molar-refractivity contribution in [2.45, 2.75) is 33.2 Å². The fourth-order valence-electron chi connectivity index (χ4n) is 2.61. The topological polar surface area (TPSA) is 81.9 Å². The summed E-state index contributed by atoms with van der Waals surface area (Å²) in [5, 5.41) is 15.1. The molecule has 0 bridgehead atoms. The number of nitrogens with zero attached hydrogens (tertiary/aromatic N) is 4. The molecule has 1 amide bonds. The van der Waals surface area contributed by atoms with Gasteiger partial charge >= 0.3 is 0 Å². The fourth-order valence-corrected chi connectivity index (χ4v) is 2.61. The Bertz CT molecular complexity index is 903. The van der Waals surface area contributed by atoms with Crippen molar-refractivity contribution >= 4 is 11.6 Å². The van der Waals surface area contributed by atoms with Crippen LogP contribution < -0.4 is 10.1 Å². The van der Waals surface area contributed by atoms with E-state index in [0.29, 0.717) is 29.8 Å². The number of hydrogen-bond donors (Lipinski definition) is 1. The molecule has 0 spiro atoms. The van der Waals surface area contributed by atoms with Gasteiger partial charge in [-0.2, -0.15) is 4.80 Å². The molecule has 0 aliphatic heterocycles. The smallest absolute Gasteiger partial charge is 0.248 e. The van der Waals surface area contributed by atoms with Crippen LogP contribution in [-0.2, 0) is 11.3 Å². The average molecular weight is 365 g/mol. The highest BCUT2D eigenvalue weighted by atomic mass is 16.5. The van der Waals surface area contributed by atoms with Crippen molar-refractivity contribution in [3.05, 3.63) is 54.1 Å². The zero-order chi connectivity index (χ0) is 19.2. The van der Waals surface area contributed by atoms with E-state index in [-0.39, 0.29) is 12.5 Å². The van der Waals surface area contributed by atoms with E-state index in [1.807, 2.05) is 37.3 Å². The lowest BCUT2D eigenvalue weighted by molar-refractivity contribution is -0.117. The SMILES string of the molecule is CCOc1ccccc1NC(=O)Cn1nnc(-c2ccc(C(C)C)cc2)n1. The molecule has 1 heterocycles. The number of ether oxygens (including phenoxy) is 1. The van der Waals surface area contributed by atoms with Crippen LogP contribution in [0.3, 0.4) is 0 Å². The van der Waals surface area contributed by atoms with Gasteiger partial charge in [-0.05, 0) is 35.8 Å². The second-order valence-electron chi connectivity index (χ2n) is 6.40. The predicted octanol–water partition coefficient (Wildman–Crippen LogP) is 3.50. The summed E-state index contributed by atoms with van der Waals surface area (Å²) in [5.74, 6) is 1.34. The highest BCUT2D eigenvalue weighted by molar-refractivity contribution is 5.92. The lowest BCUT2D eigenvalue weighted by atomic mass is 10.0. The maximum Gasteiger partial charge on any atom is 0.248 e. The summed E-state index contributed by atoms with van der Waals surface area (Å²) in [7, 11) is 0. The second-order valence-corrected chi connectivity index (χ2v) is 6.40. The normalized spacial score (nSPS) is 10.8. The maximum atomic E-state index is 12.3. The van der Waals surface area contributed by atoms with Gasteiger partial charge in [-0.1, -0.05) is 50.2 Å². The average Bonchev–Trinajstić information content (AvgIpc) is 3.12. The van der Waals surface area contributed by atoms with Gasteiger partial charge in [0.1, 0.15) is 12.3 Å². The molecule has 0 aliphatic carbocycles. The van der Waals surface area contributed by atoms with Crippen LogP contribution in [0.1, 0.15) is 32.3 Å². The summed E-state index contributed by atoms with van der Waals surface area (Å²) in [6.07, 6.45) is 0. The van der Waals surface area contributed by atoms with Crippen molar-refractivity contribution in [2.24, 2.45) is 0 Å². The van der Waals surface area contributed by atoms with Gasteiger partial charge in [0.2, 0.25) is 11.7 Å². The van der Waals surface area contributed by atoms with E-state index >= 15 is 0 Å². The van der Waals surface area contributed by atoms with Gasteiger partial charge in [-0.15, -0.1) is 10.2 Å². The molecule has 0 saturated heterocycles. The first-order valence-corrected chi connectivity index (χ1v) is 8.96. The Morgan fingerprint density at radius 1 is 1.15 bits per heavy atom. The maximum absolute atomic E-state index is 12.3. The molecule has 1 N–H and O–H groups in total. The molecule has 140 valence electrons. The third-order valence-electron chi connectivity index (χ3n) is 4.03. The molecular weight excluding hydrogens is 342 g/mol. The van der Waals surface area contributed by atoms with Crippen LogP contribution in [0.4, 0.5) is 5.69 Å². The van der Waals surface area contributed by atoms with Gasteiger partial charge in [-0.25, -0.2) is 0 Å². The number of amides is 1. The Kier molecular flexibility index (Phi) is 5.80. The van der Waals surface area contributed by atoms with E-state index in [1.165, 1.54) is 10.4 Å². The van der Waals surface area contributed by atoms with Crippen LogP contribution in [0.5, 0.6) is 5.75 Å². The number of tetrazole rings is 1. The standard InChI is InChI=1S/C20H23N5O2/c1-4-27-18-8-6-5-7-17(18)21-19(26)13-25-23-20(22-24-25)16-11-9-15(10-12-16)14(2)3/h5-12,14H,4,13H2,1-3H3,(H,21,26). The molecule has 0 unspecified atom stereocenters. The number of carbonyl (C=O) groups is 1. The van der Waals surface area contributed by atoms with Gasteiger partial charge in [-0.3, -0.25) is 4.79 Å². The lowest BCUT2D eigenvalue weighted by Crippen LogP contribution is -2.20. The minimum Gasteiger partial charge on any atom is -0.492 e. The highest BCUT2D eigenvalue weighted by Gasteiger charge is 2.12. The monoisotopic (exact) mass is 365 g/mol. The Hall–Kier alpha value is -3.22. The zero-order valence-corrected chi connectivity index (χ0v) is 15.7. The Morgan fingerprint density at radius 3 is 2.59 bits per heavy atom. The van der Waals surface area contributed by atoms with E-state index in [1.54, 1.807) is 6.07 Å². The second kappa shape index (κ2) is 8.44. The Labute approximate surface area is 158 Å². The number of benzene rings is 2. The van der Waals surface area contributed by atoms with E-state index in [0.717, 1.165) is 5.56 Å². The first kappa shape index (κ1) is 18.6. The zero-order valence-electron chi connectivity index (χ0n) is 15.7. The quantitative estimate of drug-likeness (QED) is 0.693. The van der Waals surface area contributed by atoms with Crippen molar-refractivity contribution in [3.8, 4) is 17.1 Å². The first-order chi connectivity index (χ1) is 13.1. The molecule has 27 heavy (non-hydrogen) atoms. The first-order valence-electron chi connectivity index (χ1n) is 8.96. The predicted molar refractivity (Wildman–Crippen MR) is 104 cm³/mol. The van der Waals surface area contributed by atoms with Crippen molar-refractivity contribution in [1.82, 2.24) is 20.2 Å². The molecule has 0 fully saturated rings. The number of carbonyl (C=O) groups excluding carboxylic acids is 1. The van der Waals surface area contributed by atoms with Gasteiger partial charge in [0.15, 0.2) is 0 Å². The Morgan fingerprint density at radius 2 is 1.89 bits per heavy atom. The third-order valence-corrected chi connectivity index (χ3v) is 4.03. The molecule has 0 aliphatic rings. The van der Waals surface area contributed by atoms with Crippen LogP contribution in [0.2, 0.25) is 0 Å². The van der Waals surface area contributed by atoms with Crippen LogP contribution in [0, 0.1) is 0 Å². The molecular formula is C20H23N5O2. The van der Waals surface area contributed by atoms with Gasteiger partial charge < -0.3 is 10.1 Å². The lowest BCUT2D eigenvalue weighted by Gasteiger charge is -2.10. The molecule has 7 heteroatoms. The molecule has 7 nitrogen and oxygen atoms in total. The van der Waals surface area contributed by atoms with Crippen LogP contribution in [0.25, 0.3) is 11.4 Å². The molecule has 3 aromatic rings. The van der Waals surface area contributed by atoms with E-state index in [9.17, 15) is 4.79 Å². The van der Waals surface area contributed by atoms with Crippen LogP contribution in [0.15, 0.2) is 48.5 Å². The van der Waals surface area contributed by atoms with Crippen molar-refractivity contribution in [1.29, 1.82) is 0 Å². The van der Waals surface area contributed by atoms with E-state index in [4.69, 9.17) is 4.74 Å². The minimum absolute atomic E-state index is 0.0302. The molecule has 0 radical (unpaired) electrons. The summed E-state index contributed by atoms with van der Waals surface area (Å²) >= 11 is 0. The summed E-state index contributed by atoms with van der Waals surface area (Å²) in [6, 6.07) is 15.3. The van der Waals surface area contributed by atoms with Crippen molar-refractivity contribution in [2.75, 3.05) is 11.9 Å². The molecule has 3 rings (SSSR count). The number of rotatable bonds is 7. The van der Waals surface area contributed by atoms with Gasteiger partial charge in [0.25, 0.3) is 0 Å². The third kappa shape index (κ3) is 4.69. The van der Waals surface area contributed by atoms with Crippen LogP contribution >= 0.6 is 0 Å². The Balaban J connectivity index is 1.66. The van der Waals surface area contributed by atoms with Crippen molar-refractivity contribution < 1.29 is 9.53 Å². The van der Waals surface area contributed by atoms with Gasteiger partial charge in [0, 0.05) is 5.56 Å². The summed E-state index contributed by atoms with van der Waals surface area (Å²) in [5.41, 5.74) is 2.74. The number of nitrogens with one attached hydrogen (secondary N) is 1. The summed E-state index contributed by atoms with van der Waals surface area (Å²) in [6.45, 7) is 6.68. The highest BCUT2D eigenvalue weighted by Crippen LogP contribution is 2.23. The van der Waals surface area contributed by atoms with E-state index in [2.05, 4.69) is 46.7 Å². The number of anilines is 1. The number of hydrogen-bond acceptors (Lipinski definition) is 5. The number of para-hydroxylation sites is 2. The fraction of sp³-hybridized carbons (Fsp3) is 0.300. The molecule has 1 aromatic heterocycles. The minimum atomic E-state index is -0.249. The van der Waals surface area contributed by atoms with Crippen LogP contribution in [-0.4, -0.2) is 32.7 Å². The number of aromatic nitrogens is 4.